The number of aromatic nitrogens is 2. The molecule has 5 heteroatoms. The maximum absolute atomic E-state index is 12.4. The quantitative estimate of drug-likeness (QED) is 0.806. The molecule has 0 aliphatic carbocycles. The molecule has 0 unspecified atom stereocenters. The summed E-state index contributed by atoms with van der Waals surface area (Å²) < 4.78 is 3.21. The van der Waals surface area contributed by atoms with Gasteiger partial charge in [0, 0.05) is 19.8 Å². The number of anilines is 1. The minimum atomic E-state index is -0.0676. The molecule has 0 aliphatic rings. The number of carbonyl (C=O) groups is 1. The third-order valence-corrected chi connectivity index (χ3v) is 4.37. The number of imidazole rings is 1. The molecule has 0 spiro atoms. The summed E-state index contributed by atoms with van der Waals surface area (Å²) in [6.45, 7) is 3.97. The van der Waals surface area contributed by atoms with Gasteiger partial charge in [0.25, 0.3) is 0 Å². The lowest BCUT2D eigenvalue weighted by Crippen LogP contribution is -2.19. The summed E-state index contributed by atoms with van der Waals surface area (Å²) in [6.07, 6.45) is 0.270. The zero-order chi connectivity index (χ0) is 17.4. The van der Waals surface area contributed by atoms with Crippen LogP contribution in [-0.2, 0) is 25.3 Å². The fourth-order valence-corrected chi connectivity index (χ4v) is 2.91. The molecule has 1 N–H and O–H groups in total. The summed E-state index contributed by atoms with van der Waals surface area (Å²) in [4.78, 5) is 24.3. The summed E-state index contributed by atoms with van der Waals surface area (Å²) in [5.41, 5.74) is 5.49. The van der Waals surface area contributed by atoms with E-state index in [2.05, 4.69) is 5.32 Å². The van der Waals surface area contributed by atoms with Crippen LogP contribution in [0.3, 0.4) is 0 Å². The molecule has 5 nitrogen and oxygen atoms in total. The highest BCUT2D eigenvalue weighted by molar-refractivity contribution is 5.93. The Hall–Kier alpha value is -2.82. The van der Waals surface area contributed by atoms with Crippen LogP contribution in [0.2, 0.25) is 0 Å². The normalized spacial score (nSPS) is 11.0. The van der Waals surface area contributed by atoms with Gasteiger partial charge in [0.1, 0.15) is 0 Å². The second-order valence-corrected chi connectivity index (χ2v) is 6.27. The van der Waals surface area contributed by atoms with Crippen LogP contribution < -0.4 is 11.0 Å². The third kappa shape index (κ3) is 2.85. The molecule has 0 radical (unpaired) electrons. The van der Waals surface area contributed by atoms with Gasteiger partial charge in [-0.15, -0.1) is 0 Å². The molecular weight excluding hydrogens is 302 g/mol. The van der Waals surface area contributed by atoms with Gasteiger partial charge in [0.2, 0.25) is 5.91 Å². The zero-order valence-corrected chi connectivity index (χ0v) is 14.4. The summed E-state index contributed by atoms with van der Waals surface area (Å²) in [5.74, 6) is -0.0658. The SMILES string of the molecule is Cc1ccc(C)c(NC(=O)Cc2ccc3c(c2)n(C)c(=O)n3C)c1. The first-order chi connectivity index (χ1) is 11.4. The molecule has 3 rings (SSSR count). The molecule has 0 fully saturated rings. The van der Waals surface area contributed by atoms with Crippen LogP contribution >= 0.6 is 0 Å². The molecule has 0 atom stereocenters. The van der Waals surface area contributed by atoms with Crippen LogP contribution in [0.25, 0.3) is 11.0 Å². The average Bonchev–Trinajstić information content (AvgIpc) is 2.75. The van der Waals surface area contributed by atoms with Gasteiger partial charge in [-0.25, -0.2) is 4.79 Å². The fourth-order valence-electron chi connectivity index (χ4n) is 2.91. The standard InChI is InChI=1S/C19H21N3O2/c1-12-5-6-13(2)15(9-12)20-18(23)11-14-7-8-16-17(10-14)22(4)19(24)21(16)3/h5-10H,11H2,1-4H3,(H,20,23). The van der Waals surface area contributed by atoms with Crippen molar-refractivity contribution in [2.75, 3.05) is 5.32 Å². The van der Waals surface area contributed by atoms with Crippen molar-refractivity contribution in [2.24, 2.45) is 14.1 Å². The number of rotatable bonds is 3. The number of nitrogens with zero attached hydrogens (tertiary/aromatic N) is 2. The Labute approximate surface area is 140 Å². The Bertz CT molecular complexity index is 996. The Kier molecular flexibility index (Phi) is 4.01. The van der Waals surface area contributed by atoms with Crippen LogP contribution in [0.15, 0.2) is 41.2 Å². The molecule has 0 bridgehead atoms. The van der Waals surface area contributed by atoms with E-state index in [4.69, 9.17) is 0 Å². The van der Waals surface area contributed by atoms with Crippen molar-refractivity contribution < 1.29 is 4.79 Å². The highest BCUT2D eigenvalue weighted by Gasteiger charge is 2.11. The summed E-state index contributed by atoms with van der Waals surface area (Å²) in [7, 11) is 3.49. The van der Waals surface area contributed by atoms with Crippen LogP contribution in [0, 0.1) is 13.8 Å². The molecule has 3 aromatic rings. The largest absolute Gasteiger partial charge is 0.328 e. The van der Waals surface area contributed by atoms with Crippen molar-refractivity contribution in [3.63, 3.8) is 0 Å². The van der Waals surface area contributed by atoms with E-state index in [1.165, 1.54) is 0 Å². The molecule has 1 aromatic heterocycles. The number of aryl methyl sites for hydroxylation is 4. The maximum Gasteiger partial charge on any atom is 0.328 e. The molecule has 0 saturated heterocycles. The van der Waals surface area contributed by atoms with Gasteiger partial charge in [-0.05, 0) is 48.7 Å². The molecule has 1 heterocycles. The van der Waals surface area contributed by atoms with E-state index in [0.717, 1.165) is 33.4 Å². The molecule has 0 aliphatic heterocycles. The highest BCUT2D eigenvalue weighted by Crippen LogP contribution is 2.18. The lowest BCUT2D eigenvalue weighted by Gasteiger charge is -2.09. The lowest BCUT2D eigenvalue weighted by molar-refractivity contribution is -0.115. The fraction of sp³-hybridized carbons (Fsp3) is 0.263. The van der Waals surface area contributed by atoms with Gasteiger partial charge in [-0.2, -0.15) is 0 Å². The van der Waals surface area contributed by atoms with Crippen molar-refractivity contribution >= 4 is 22.6 Å². The smallest absolute Gasteiger partial charge is 0.326 e. The Morgan fingerprint density at radius 1 is 1.00 bits per heavy atom. The van der Waals surface area contributed by atoms with Crippen molar-refractivity contribution in [3.05, 3.63) is 63.6 Å². The predicted octanol–water partition coefficient (Wildman–Crippen LogP) is 2.68. The van der Waals surface area contributed by atoms with E-state index in [0.29, 0.717) is 0 Å². The molecule has 1 amide bonds. The minimum Gasteiger partial charge on any atom is -0.326 e. The first-order valence-corrected chi connectivity index (χ1v) is 7.88. The van der Waals surface area contributed by atoms with Gasteiger partial charge in [-0.3, -0.25) is 13.9 Å². The number of benzene rings is 2. The first kappa shape index (κ1) is 16.1. The molecule has 2 aromatic carbocycles. The van der Waals surface area contributed by atoms with Crippen molar-refractivity contribution in [2.45, 2.75) is 20.3 Å². The van der Waals surface area contributed by atoms with Gasteiger partial charge in [0.05, 0.1) is 17.5 Å². The highest BCUT2D eigenvalue weighted by atomic mass is 16.2. The van der Waals surface area contributed by atoms with Gasteiger partial charge < -0.3 is 5.32 Å². The number of fused-ring (bicyclic) bond motifs is 1. The van der Waals surface area contributed by atoms with Gasteiger partial charge in [0.15, 0.2) is 0 Å². The Morgan fingerprint density at radius 3 is 2.46 bits per heavy atom. The zero-order valence-electron chi connectivity index (χ0n) is 14.4. The Balaban J connectivity index is 1.84. The van der Waals surface area contributed by atoms with E-state index >= 15 is 0 Å². The van der Waals surface area contributed by atoms with Crippen molar-refractivity contribution in [3.8, 4) is 0 Å². The van der Waals surface area contributed by atoms with Gasteiger partial charge >= 0.3 is 5.69 Å². The first-order valence-electron chi connectivity index (χ1n) is 7.88. The number of hydrogen-bond donors (Lipinski definition) is 1. The predicted molar refractivity (Wildman–Crippen MR) is 96.4 cm³/mol. The number of nitrogens with one attached hydrogen (secondary N) is 1. The van der Waals surface area contributed by atoms with E-state index in [1.807, 2.05) is 50.2 Å². The molecule has 0 saturated carbocycles. The second-order valence-electron chi connectivity index (χ2n) is 6.27. The molecule has 24 heavy (non-hydrogen) atoms. The maximum atomic E-state index is 12.4. The van der Waals surface area contributed by atoms with Crippen molar-refractivity contribution in [1.29, 1.82) is 0 Å². The summed E-state index contributed by atoms with van der Waals surface area (Å²) in [6, 6.07) is 11.7. The summed E-state index contributed by atoms with van der Waals surface area (Å²) in [5, 5.41) is 2.97. The van der Waals surface area contributed by atoms with E-state index in [9.17, 15) is 9.59 Å². The van der Waals surface area contributed by atoms with Crippen LogP contribution in [0.1, 0.15) is 16.7 Å². The minimum absolute atomic E-state index is 0.0658. The molecule has 124 valence electrons. The monoisotopic (exact) mass is 323 g/mol. The third-order valence-electron chi connectivity index (χ3n) is 4.37. The van der Waals surface area contributed by atoms with Crippen LogP contribution in [0.5, 0.6) is 0 Å². The number of amides is 1. The lowest BCUT2D eigenvalue weighted by atomic mass is 10.1. The molecular formula is C19H21N3O2. The van der Waals surface area contributed by atoms with E-state index in [1.54, 1.807) is 23.2 Å². The van der Waals surface area contributed by atoms with E-state index < -0.39 is 0 Å². The number of hydrogen-bond acceptors (Lipinski definition) is 2. The van der Waals surface area contributed by atoms with Gasteiger partial charge in [-0.1, -0.05) is 18.2 Å². The number of carbonyl (C=O) groups excluding carboxylic acids is 1. The second kappa shape index (κ2) is 6.00. The average molecular weight is 323 g/mol. The Morgan fingerprint density at radius 2 is 1.71 bits per heavy atom. The van der Waals surface area contributed by atoms with Crippen molar-refractivity contribution in [1.82, 2.24) is 9.13 Å². The van der Waals surface area contributed by atoms with Crippen LogP contribution in [-0.4, -0.2) is 15.0 Å². The van der Waals surface area contributed by atoms with Crippen LogP contribution in [0.4, 0.5) is 5.69 Å². The topological polar surface area (TPSA) is 56.0 Å². The summed E-state index contributed by atoms with van der Waals surface area (Å²) >= 11 is 0. The van der Waals surface area contributed by atoms with E-state index in [-0.39, 0.29) is 18.0 Å².